The van der Waals surface area contributed by atoms with Gasteiger partial charge in [0.15, 0.2) is 6.10 Å². The highest BCUT2D eigenvalue weighted by Gasteiger charge is 2.19. The standard InChI is InChI=1S/C75H142O6/c1-4-7-10-13-16-19-22-25-28-30-32-33-34-35-36-37-38-39-40-41-42-43-44-46-47-50-53-56-59-62-65-68-74(77)80-71-72(70-79-73(76)67-64-61-58-55-52-49-27-24-21-18-15-12-9-6-3)81-75(78)69-66-63-60-57-54-51-48-45-31-29-26-23-20-17-14-11-8-5-2/h24,27,30,32,72H,4-23,25-26,28-29,31,33-71H2,1-3H3/b27-24-,32-30-. The Balaban J connectivity index is 4.14. The molecule has 0 saturated heterocycles. The van der Waals surface area contributed by atoms with Crippen LogP contribution in [0.25, 0.3) is 0 Å². The third-order valence-electron chi connectivity index (χ3n) is 16.9. The summed E-state index contributed by atoms with van der Waals surface area (Å²) in [6, 6.07) is 0. The lowest BCUT2D eigenvalue weighted by atomic mass is 10.0. The Kier molecular flexibility index (Phi) is 68.5. The Hall–Kier alpha value is -2.11. The molecule has 6 heteroatoms. The van der Waals surface area contributed by atoms with Gasteiger partial charge in [-0.2, -0.15) is 0 Å². The summed E-state index contributed by atoms with van der Waals surface area (Å²) in [5.41, 5.74) is 0. The smallest absolute Gasteiger partial charge is 0.306 e. The molecule has 0 heterocycles. The monoisotopic (exact) mass is 1140 g/mol. The van der Waals surface area contributed by atoms with Crippen molar-refractivity contribution >= 4 is 17.9 Å². The van der Waals surface area contributed by atoms with Crippen LogP contribution in [0.3, 0.4) is 0 Å². The maximum atomic E-state index is 12.9. The van der Waals surface area contributed by atoms with Gasteiger partial charge in [-0.25, -0.2) is 0 Å². The zero-order valence-electron chi connectivity index (χ0n) is 55.1. The molecule has 0 amide bonds. The molecule has 0 radical (unpaired) electrons. The molecule has 0 aromatic carbocycles. The van der Waals surface area contributed by atoms with Crippen LogP contribution in [0.1, 0.15) is 419 Å². The van der Waals surface area contributed by atoms with Crippen molar-refractivity contribution in [2.24, 2.45) is 0 Å². The van der Waals surface area contributed by atoms with E-state index in [4.69, 9.17) is 14.2 Å². The minimum absolute atomic E-state index is 0.0671. The molecule has 1 atom stereocenters. The minimum atomic E-state index is -0.771. The lowest BCUT2D eigenvalue weighted by Crippen LogP contribution is -2.30. The molecule has 1 unspecified atom stereocenters. The first-order valence-corrected chi connectivity index (χ1v) is 36.8. The zero-order chi connectivity index (χ0) is 58.5. The van der Waals surface area contributed by atoms with Crippen LogP contribution < -0.4 is 0 Å². The second-order valence-corrected chi connectivity index (χ2v) is 25.2. The molecule has 0 spiro atoms. The summed E-state index contributed by atoms with van der Waals surface area (Å²) in [6.07, 6.45) is 86.5. The van der Waals surface area contributed by atoms with E-state index < -0.39 is 6.10 Å². The molecule has 0 bridgehead atoms. The molecule has 0 fully saturated rings. The summed E-state index contributed by atoms with van der Waals surface area (Å²) in [5.74, 6) is -0.842. The van der Waals surface area contributed by atoms with Crippen molar-refractivity contribution < 1.29 is 28.6 Å². The van der Waals surface area contributed by atoms with Gasteiger partial charge in [0.1, 0.15) is 13.2 Å². The fourth-order valence-electron chi connectivity index (χ4n) is 11.4. The Morgan fingerprint density at radius 1 is 0.235 bits per heavy atom. The van der Waals surface area contributed by atoms with Crippen LogP contribution in [-0.2, 0) is 28.6 Å². The van der Waals surface area contributed by atoms with E-state index >= 15 is 0 Å². The van der Waals surface area contributed by atoms with Crippen molar-refractivity contribution in [1.82, 2.24) is 0 Å². The lowest BCUT2D eigenvalue weighted by Gasteiger charge is -2.18. The van der Waals surface area contributed by atoms with Crippen LogP contribution in [0.5, 0.6) is 0 Å². The fourth-order valence-corrected chi connectivity index (χ4v) is 11.4. The Bertz CT molecular complexity index is 1310. The van der Waals surface area contributed by atoms with Crippen molar-refractivity contribution in [3.05, 3.63) is 24.3 Å². The summed E-state index contributed by atoms with van der Waals surface area (Å²) in [5, 5.41) is 0. The summed E-state index contributed by atoms with van der Waals surface area (Å²) in [4.78, 5) is 38.4. The molecule has 6 nitrogen and oxygen atoms in total. The zero-order valence-corrected chi connectivity index (χ0v) is 55.1. The summed E-state index contributed by atoms with van der Waals surface area (Å²) < 4.78 is 17.0. The quantitative estimate of drug-likeness (QED) is 0.0261. The van der Waals surface area contributed by atoms with E-state index in [9.17, 15) is 14.4 Å². The van der Waals surface area contributed by atoms with Gasteiger partial charge in [0, 0.05) is 19.3 Å². The van der Waals surface area contributed by atoms with Crippen molar-refractivity contribution in [1.29, 1.82) is 0 Å². The fraction of sp³-hybridized carbons (Fsp3) is 0.907. The number of allylic oxidation sites excluding steroid dienone is 4. The molecule has 0 rings (SSSR count). The van der Waals surface area contributed by atoms with Crippen LogP contribution in [0.4, 0.5) is 0 Å². The van der Waals surface area contributed by atoms with E-state index in [0.717, 1.165) is 64.2 Å². The maximum absolute atomic E-state index is 12.9. The highest BCUT2D eigenvalue weighted by atomic mass is 16.6. The number of carbonyl (C=O) groups is 3. The molecule has 478 valence electrons. The number of ether oxygens (including phenoxy) is 3. The van der Waals surface area contributed by atoms with Gasteiger partial charge in [0.25, 0.3) is 0 Å². The Labute approximate surface area is 506 Å². The first kappa shape index (κ1) is 78.9. The van der Waals surface area contributed by atoms with Crippen LogP contribution in [0.2, 0.25) is 0 Å². The molecule has 0 aromatic rings. The molecule has 0 saturated carbocycles. The van der Waals surface area contributed by atoms with Gasteiger partial charge in [-0.15, -0.1) is 0 Å². The second kappa shape index (κ2) is 70.4. The van der Waals surface area contributed by atoms with E-state index in [1.807, 2.05) is 0 Å². The van der Waals surface area contributed by atoms with Crippen molar-refractivity contribution in [2.45, 2.75) is 425 Å². The predicted octanol–water partition coefficient (Wildman–Crippen LogP) is 25.3. The van der Waals surface area contributed by atoms with E-state index in [2.05, 4.69) is 45.1 Å². The van der Waals surface area contributed by atoms with Gasteiger partial charge >= 0.3 is 17.9 Å². The van der Waals surface area contributed by atoms with Crippen LogP contribution in [0, 0.1) is 0 Å². The second-order valence-electron chi connectivity index (χ2n) is 25.2. The van der Waals surface area contributed by atoms with Crippen molar-refractivity contribution in [3.8, 4) is 0 Å². The Morgan fingerprint density at radius 2 is 0.407 bits per heavy atom. The topological polar surface area (TPSA) is 78.9 Å². The molecule has 0 aromatic heterocycles. The summed E-state index contributed by atoms with van der Waals surface area (Å²) in [7, 11) is 0. The molecular formula is C75H142O6. The van der Waals surface area contributed by atoms with Gasteiger partial charge in [0.05, 0.1) is 0 Å². The largest absolute Gasteiger partial charge is 0.462 e. The van der Waals surface area contributed by atoms with Gasteiger partial charge in [-0.1, -0.05) is 353 Å². The lowest BCUT2D eigenvalue weighted by molar-refractivity contribution is -0.167. The first-order valence-electron chi connectivity index (χ1n) is 36.8. The molecule has 0 aliphatic rings. The molecular weight excluding hydrogens is 997 g/mol. The number of hydrogen-bond donors (Lipinski definition) is 0. The number of esters is 3. The SMILES string of the molecule is CCCCCCC/C=C\CCCCCCCC(=O)OCC(COC(=O)CCCCCCCCCCCCCCCCCCCCC/C=C\CCCCCCCCCC)OC(=O)CCCCCCCCCCCCCCCCCCCC. The summed E-state index contributed by atoms with van der Waals surface area (Å²) >= 11 is 0. The first-order chi connectivity index (χ1) is 40.0. The third-order valence-corrected chi connectivity index (χ3v) is 16.9. The van der Waals surface area contributed by atoms with Crippen LogP contribution in [0.15, 0.2) is 24.3 Å². The van der Waals surface area contributed by atoms with Crippen LogP contribution in [-0.4, -0.2) is 37.2 Å². The van der Waals surface area contributed by atoms with Gasteiger partial charge < -0.3 is 14.2 Å². The molecule has 81 heavy (non-hydrogen) atoms. The third kappa shape index (κ3) is 68.6. The van der Waals surface area contributed by atoms with E-state index in [1.54, 1.807) is 0 Å². The van der Waals surface area contributed by atoms with Crippen molar-refractivity contribution in [3.63, 3.8) is 0 Å². The van der Waals surface area contributed by atoms with E-state index in [-0.39, 0.29) is 31.1 Å². The van der Waals surface area contributed by atoms with Crippen LogP contribution >= 0.6 is 0 Å². The number of rotatable bonds is 69. The van der Waals surface area contributed by atoms with Gasteiger partial charge in [-0.3, -0.25) is 14.4 Å². The highest BCUT2D eigenvalue weighted by Crippen LogP contribution is 2.19. The molecule has 0 aliphatic heterocycles. The van der Waals surface area contributed by atoms with Crippen molar-refractivity contribution in [2.75, 3.05) is 13.2 Å². The average molecular weight is 1140 g/mol. The normalized spacial score (nSPS) is 12.1. The molecule has 0 aliphatic carbocycles. The van der Waals surface area contributed by atoms with Gasteiger partial charge in [-0.05, 0) is 70.6 Å². The Morgan fingerprint density at radius 3 is 0.617 bits per heavy atom. The summed E-state index contributed by atoms with van der Waals surface area (Å²) in [6.45, 7) is 6.71. The minimum Gasteiger partial charge on any atom is -0.462 e. The molecule has 0 N–H and O–H groups in total. The highest BCUT2D eigenvalue weighted by molar-refractivity contribution is 5.71. The number of hydrogen-bond acceptors (Lipinski definition) is 6. The predicted molar refractivity (Wildman–Crippen MR) is 353 cm³/mol. The number of unbranched alkanes of at least 4 members (excludes halogenated alkanes) is 54. The van der Waals surface area contributed by atoms with E-state index in [0.29, 0.717) is 19.3 Å². The average Bonchev–Trinajstić information content (AvgIpc) is 3.47. The number of carbonyl (C=O) groups excluding carboxylic acids is 3. The van der Waals surface area contributed by atoms with Gasteiger partial charge in [0.2, 0.25) is 0 Å². The maximum Gasteiger partial charge on any atom is 0.306 e. The van der Waals surface area contributed by atoms with E-state index in [1.165, 1.54) is 315 Å².